The number of hydrogen-bond acceptors (Lipinski definition) is 0. The van der Waals surface area contributed by atoms with Crippen LogP contribution in [0.5, 0.6) is 0 Å². The van der Waals surface area contributed by atoms with E-state index in [0.717, 1.165) is 12.8 Å². The van der Waals surface area contributed by atoms with Gasteiger partial charge in [0, 0.05) is 0 Å². The second kappa shape index (κ2) is 14.5. The average molecular weight is 694 g/mol. The van der Waals surface area contributed by atoms with Crippen LogP contribution in [0, 0.1) is 26.0 Å². The quantitative estimate of drug-likeness (QED) is 0.193. The van der Waals surface area contributed by atoms with E-state index in [2.05, 4.69) is 100 Å². The van der Waals surface area contributed by atoms with Gasteiger partial charge in [0.05, 0.1) is 0 Å². The summed E-state index contributed by atoms with van der Waals surface area (Å²) in [6, 6.07) is 35.2. The van der Waals surface area contributed by atoms with Gasteiger partial charge in [-0.25, -0.2) is 0 Å². The van der Waals surface area contributed by atoms with Gasteiger partial charge in [-0.1, -0.05) is 62.4 Å². The van der Waals surface area contributed by atoms with Gasteiger partial charge in [0.2, 0.25) is 0 Å². The average Bonchev–Trinajstić information content (AvgIpc) is 3.45. The van der Waals surface area contributed by atoms with Crippen molar-refractivity contribution in [3.63, 3.8) is 0 Å². The molecule has 6 rings (SSSR count). The minimum Gasteiger partial charge on any atom is -1.00 e. The van der Waals surface area contributed by atoms with Crippen LogP contribution in [-0.2, 0) is 35.8 Å². The Balaban J connectivity index is 0.000000200. The van der Waals surface area contributed by atoms with E-state index in [0.29, 0.717) is 0 Å². The molecule has 0 saturated carbocycles. The normalized spacial score (nSPS) is 11.1. The molecule has 4 aromatic carbocycles. The summed E-state index contributed by atoms with van der Waals surface area (Å²) >= 11 is 1.49. The number of aryl methyl sites for hydroxylation is 2. The first-order chi connectivity index (χ1) is 16.5. The van der Waals surface area contributed by atoms with Gasteiger partial charge < -0.3 is 24.8 Å². The predicted octanol–water partition coefficient (Wildman–Crippen LogP) is 2.31. The molecule has 0 aromatic heterocycles. The first-order valence-electron chi connectivity index (χ1n) is 12.3. The number of fused-ring (bicyclic) bond motifs is 6. The van der Waals surface area contributed by atoms with Crippen molar-refractivity contribution in [2.75, 3.05) is 0 Å². The Hall–Kier alpha value is -1.45. The maximum Gasteiger partial charge on any atom is -0.0398 e. The molecule has 0 N–H and O–H groups in total. The Kier molecular flexibility index (Phi) is 12.4. The summed E-state index contributed by atoms with van der Waals surface area (Å²) in [6.45, 7) is 8.91. The van der Waals surface area contributed by atoms with Crippen LogP contribution in [0.3, 0.4) is 0 Å². The van der Waals surface area contributed by atoms with Crippen LogP contribution < -0.4 is 24.8 Å². The van der Waals surface area contributed by atoms with E-state index in [-0.39, 0.29) is 30.3 Å². The van der Waals surface area contributed by atoms with Crippen LogP contribution in [0.1, 0.15) is 47.2 Å². The fourth-order valence-electron chi connectivity index (χ4n) is 4.75. The molecule has 0 bridgehead atoms. The first-order valence-corrected chi connectivity index (χ1v) is 19.6. The SMILES string of the molecule is CC[Si](=[Hf+2])CC.Cc1[c-]ccc2c1Cc1ccccc1-2.Cc1[c-]ccc2c1Cc1ccccc1-2.[Cl-].[Cl-]. The number of benzene rings is 4. The van der Waals surface area contributed by atoms with Crippen LogP contribution in [-0.4, -0.2) is 5.49 Å². The topological polar surface area (TPSA) is 0 Å². The third kappa shape index (κ3) is 6.89. The molecule has 0 heterocycles. The van der Waals surface area contributed by atoms with Crippen molar-refractivity contribution >= 4 is 5.49 Å². The zero-order valence-corrected chi connectivity index (χ0v) is 27.6. The van der Waals surface area contributed by atoms with Crippen LogP contribution in [0.2, 0.25) is 12.1 Å². The molecule has 36 heavy (non-hydrogen) atoms. The summed E-state index contributed by atoms with van der Waals surface area (Å²) in [5, 5.41) is 0. The maximum absolute atomic E-state index is 3.27. The van der Waals surface area contributed by atoms with Gasteiger partial charge in [-0.3, -0.25) is 0 Å². The van der Waals surface area contributed by atoms with E-state index < -0.39 is 0 Å². The molecule has 4 heteroatoms. The van der Waals surface area contributed by atoms with E-state index in [1.165, 1.54) is 90.7 Å². The predicted molar refractivity (Wildman–Crippen MR) is 143 cm³/mol. The third-order valence-corrected chi connectivity index (χ3v) is 16.2. The summed E-state index contributed by atoms with van der Waals surface area (Å²) in [6.07, 6.45) is 2.16. The summed E-state index contributed by atoms with van der Waals surface area (Å²) in [4.78, 5) is 0. The minimum absolute atomic E-state index is 0. The molecule has 2 aliphatic carbocycles. The maximum atomic E-state index is 3.27. The van der Waals surface area contributed by atoms with Crippen molar-refractivity contribution in [3.8, 4) is 22.3 Å². The molecule has 184 valence electrons. The molecule has 0 fully saturated rings. The van der Waals surface area contributed by atoms with Crippen molar-refractivity contribution in [1.82, 2.24) is 0 Å². The van der Waals surface area contributed by atoms with Crippen LogP contribution in [0.15, 0.2) is 72.8 Å². The monoisotopic (exact) mass is 694 g/mol. The Labute approximate surface area is 244 Å². The molecule has 0 atom stereocenters. The number of rotatable bonds is 2. The van der Waals surface area contributed by atoms with Gasteiger partial charge >= 0.3 is 54.4 Å². The first kappa shape index (κ1) is 30.8. The van der Waals surface area contributed by atoms with Gasteiger partial charge in [-0.15, -0.1) is 22.3 Å². The van der Waals surface area contributed by atoms with Crippen molar-refractivity contribution < 1.29 is 47.8 Å². The zero-order chi connectivity index (χ0) is 24.1. The zero-order valence-electron chi connectivity index (χ0n) is 21.5. The smallest absolute Gasteiger partial charge is 0.0398 e. The second-order valence-electron chi connectivity index (χ2n) is 8.97. The van der Waals surface area contributed by atoms with Gasteiger partial charge in [0.1, 0.15) is 0 Å². The molecule has 0 nitrogen and oxygen atoms in total. The van der Waals surface area contributed by atoms with Gasteiger partial charge in [-0.2, -0.15) is 47.5 Å². The molecule has 0 spiro atoms. The Bertz CT molecular complexity index is 1230. The summed E-state index contributed by atoms with van der Waals surface area (Å²) < 4.78 is 0. The van der Waals surface area contributed by atoms with Crippen LogP contribution in [0.4, 0.5) is 0 Å². The Morgan fingerprint density at radius 1 is 0.639 bits per heavy atom. The van der Waals surface area contributed by atoms with E-state index in [1.54, 1.807) is 0 Å². The Morgan fingerprint density at radius 3 is 1.39 bits per heavy atom. The number of hydrogen-bond donors (Lipinski definition) is 0. The van der Waals surface area contributed by atoms with E-state index in [9.17, 15) is 0 Å². The van der Waals surface area contributed by atoms with Gasteiger partial charge in [0.25, 0.3) is 0 Å². The standard InChI is InChI=1S/2C14H11.C4H10Si.2ClH.Hf/c2*1-10-5-4-8-13-12-7-3-2-6-11(12)9-14(10)13;1-3-5-4-2;;;/h2*2-4,6-8H,9H2,1H3;3-4H2,1-2H3;2*1H;/q2*-1;;;;+2/p-2. The van der Waals surface area contributed by atoms with E-state index in [4.69, 9.17) is 0 Å². The van der Waals surface area contributed by atoms with Crippen molar-refractivity contribution in [3.05, 3.63) is 118 Å². The third-order valence-electron chi connectivity index (χ3n) is 6.86. The summed E-state index contributed by atoms with van der Waals surface area (Å²) in [5.74, 6) is 0. The molecule has 0 radical (unpaired) electrons. The van der Waals surface area contributed by atoms with Gasteiger partial charge in [-0.05, 0) is 35.1 Å². The Morgan fingerprint density at radius 2 is 1.03 bits per heavy atom. The molecule has 2 aliphatic rings. The van der Waals surface area contributed by atoms with Crippen molar-refractivity contribution in [1.29, 1.82) is 0 Å². The summed E-state index contributed by atoms with van der Waals surface area (Å²) in [7, 11) is 0. The largest absolute Gasteiger partial charge is 1.00 e. The molecule has 0 unspecified atom stereocenters. The molecule has 0 saturated heterocycles. The van der Waals surface area contributed by atoms with Crippen LogP contribution in [0.25, 0.3) is 22.3 Å². The fourth-order valence-corrected chi connectivity index (χ4v) is 5.25. The second-order valence-corrected chi connectivity index (χ2v) is 19.2. The molecule has 4 aromatic rings. The van der Waals surface area contributed by atoms with E-state index in [1.807, 2.05) is 12.1 Å². The van der Waals surface area contributed by atoms with Crippen molar-refractivity contribution in [2.45, 2.75) is 52.6 Å². The fraction of sp³-hybridized carbons (Fsp3) is 0.250. The molecular formula is C32H32Cl2HfSi-2. The van der Waals surface area contributed by atoms with Crippen molar-refractivity contribution in [2.24, 2.45) is 0 Å². The number of halogens is 2. The molecule has 0 aliphatic heterocycles. The molecular weight excluding hydrogens is 662 g/mol. The van der Waals surface area contributed by atoms with Crippen LogP contribution >= 0.6 is 0 Å². The summed E-state index contributed by atoms with van der Waals surface area (Å²) in [5.41, 5.74) is 14.3. The minimum atomic E-state index is 0. The van der Waals surface area contributed by atoms with Gasteiger partial charge in [0.15, 0.2) is 0 Å². The van der Waals surface area contributed by atoms with E-state index >= 15 is 0 Å². The molecule has 0 amide bonds.